The van der Waals surface area contributed by atoms with Gasteiger partial charge >= 0.3 is 23.7 Å². The van der Waals surface area contributed by atoms with Gasteiger partial charge in [-0.15, -0.1) is 0 Å². The number of nitrogens with two attached hydrogens (primary N) is 2. The van der Waals surface area contributed by atoms with E-state index in [-0.39, 0.29) is 65.5 Å². The van der Waals surface area contributed by atoms with Crippen molar-refractivity contribution in [2.24, 2.45) is 23.3 Å². The number of nitrogens with one attached hydrogen (secondary N) is 5. The first-order valence-electron chi connectivity index (χ1n) is 22.1. The molecule has 0 bridgehead atoms. The molecule has 8 rings (SSSR count). The van der Waals surface area contributed by atoms with Crippen LogP contribution in [0, 0.1) is 11.8 Å². The van der Waals surface area contributed by atoms with E-state index in [2.05, 4.69) is 54.2 Å². The van der Waals surface area contributed by atoms with Gasteiger partial charge in [0, 0.05) is 37.8 Å². The van der Waals surface area contributed by atoms with Crippen LogP contribution in [0.3, 0.4) is 0 Å². The molecule has 0 saturated carbocycles. The number of fused-ring (bicyclic) bond motifs is 2. The Labute approximate surface area is 403 Å². The topological polar surface area (TPSA) is 342 Å². The third-order valence-corrected chi connectivity index (χ3v) is 11.8. The normalized spacial score (nSPS) is 18.9. The van der Waals surface area contributed by atoms with Crippen molar-refractivity contribution in [2.75, 3.05) is 48.6 Å². The third-order valence-electron chi connectivity index (χ3n) is 11.8. The van der Waals surface area contributed by atoms with Crippen LogP contribution in [0.1, 0.15) is 115 Å². The largest absolute Gasteiger partial charge is 0.480 e. The number of aryl methyl sites for hydroxylation is 2. The second-order valence-corrected chi connectivity index (χ2v) is 17.0. The molecule has 23 nitrogen and oxygen atoms in total. The summed E-state index contributed by atoms with van der Waals surface area (Å²) in [5.41, 5.74) is 14.7. The summed E-state index contributed by atoms with van der Waals surface area (Å²) in [5, 5.41) is 22.1. The highest BCUT2D eigenvalue weighted by molar-refractivity contribution is 6.39. The molecular weight excluding hydrogens is 909 g/mol. The number of piperidine rings is 2. The monoisotopic (exact) mass is 966 g/mol. The van der Waals surface area contributed by atoms with Gasteiger partial charge in [-0.3, -0.25) is 33.6 Å². The molecule has 4 aromatic rings. The first kappa shape index (κ1) is 52.9. The molecule has 4 aromatic heterocycles. The van der Waals surface area contributed by atoms with E-state index in [1.807, 2.05) is 24.5 Å². The summed E-state index contributed by atoms with van der Waals surface area (Å²) in [7, 11) is 2.64. The Morgan fingerprint density at radius 3 is 1.66 bits per heavy atom. The van der Waals surface area contributed by atoms with E-state index in [9.17, 15) is 38.4 Å². The molecule has 23 heteroatoms. The van der Waals surface area contributed by atoms with Gasteiger partial charge in [0.15, 0.2) is 0 Å². The SMILES string of the molecule is C.CC1CCC(c2cnc3c(c2)CCC(=O)N3)NC1.COc1ncc(NC(=O)C(=O)N2C[C@H](C)CC[C@H]2c2cnc3c(c2)CCC(=O)N3)cc1C(N)=O.COc1ncc(NC(=O)C(=O)O)cc1C(N)=O. The van der Waals surface area contributed by atoms with Gasteiger partial charge in [-0.25, -0.2) is 24.7 Å². The molecule has 0 aromatic carbocycles. The lowest BCUT2D eigenvalue weighted by atomic mass is 9.89. The lowest BCUT2D eigenvalue weighted by molar-refractivity contribution is -0.147. The number of anilines is 4. The Hall–Kier alpha value is -8.08. The average Bonchev–Trinajstić information content (AvgIpc) is 3.33. The lowest BCUT2D eigenvalue weighted by Gasteiger charge is -2.38. The zero-order valence-electron chi connectivity index (χ0n) is 38.4. The first-order chi connectivity index (χ1) is 32.9. The van der Waals surface area contributed by atoms with Crippen LogP contribution < -0.4 is 47.5 Å². The summed E-state index contributed by atoms with van der Waals surface area (Å²) in [6, 6.07) is 6.76. The standard InChI is InChI=1S/C23H26N6O5.C14H19N3O.C9H9N3O5.CH4/c1-12-3-5-17(14-7-13-4-6-18(30)28-20(13)25-9-14)29(11-12)23(33)21(32)27-15-8-16(19(24)31)22(34-2)26-10-15;1-9-2-4-12(15-7-9)11-6-10-3-5-13(18)17-14(10)16-8-11;1-17-8-5(6(10)13)2-4(3-11-8)12-7(14)9(15)16;/h7-10,12,17H,3-6,11H2,1-2H3,(H2,24,31)(H,27,32)(H,25,28,30);6,8-9,12,15H,2-5,7H2,1H3,(H,16,17,18);2-3H,1H3,(H2,10,13)(H,12,14)(H,15,16);1H4/t12-,17+;;;/m1.../s1. The van der Waals surface area contributed by atoms with Crippen molar-refractivity contribution in [3.05, 3.63) is 82.4 Å². The molecule has 10 N–H and O–H groups in total. The number of ether oxygens (including phenoxy) is 2. The van der Waals surface area contributed by atoms with Crippen LogP contribution in [0.15, 0.2) is 49.1 Å². The molecule has 70 heavy (non-hydrogen) atoms. The number of rotatable bonds is 8. The number of pyridine rings is 4. The van der Waals surface area contributed by atoms with Gasteiger partial charge in [-0.05, 0) is 103 Å². The van der Waals surface area contributed by atoms with Crippen LogP contribution in [0.5, 0.6) is 11.8 Å². The molecule has 0 radical (unpaired) electrons. The number of likely N-dealkylation sites (tertiary alicyclic amines) is 1. The molecule has 4 aliphatic heterocycles. The lowest BCUT2D eigenvalue weighted by Crippen LogP contribution is -2.46. The van der Waals surface area contributed by atoms with E-state index in [1.165, 1.54) is 56.5 Å². The van der Waals surface area contributed by atoms with Gasteiger partial charge in [0.25, 0.3) is 11.8 Å². The van der Waals surface area contributed by atoms with Crippen LogP contribution in [0.4, 0.5) is 23.0 Å². The van der Waals surface area contributed by atoms with Gasteiger partial charge in [-0.2, -0.15) is 0 Å². The Morgan fingerprint density at radius 2 is 1.17 bits per heavy atom. The minimum atomic E-state index is -1.65. The summed E-state index contributed by atoms with van der Waals surface area (Å²) < 4.78 is 9.77. The average molecular weight is 967 g/mol. The van der Waals surface area contributed by atoms with Crippen molar-refractivity contribution >= 4 is 70.3 Å². The van der Waals surface area contributed by atoms with Crippen LogP contribution in [0.2, 0.25) is 0 Å². The predicted octanol–water partition coefficient (Wildman–Crippen LogP) is 3.28. The number of carbonyl (C=O) groups excluding carboxylic acids is 7. The van der Waals surface area contributed by atoms with Gasteiger partial charge in [-0.1, -0.05) is 21.3 Å². The van der Waals surface area contributed by atoms with E-state index in [0.717, 1.165) is 48.4 Å². The predicted molar refractivity (Wildman–Crippen MR) is 255 cm³/mol. The third kappa shape index (κ3) is 13.3. The maximum absolute atomic E-state index is 13.2. The maximum atomic E-state index is 13.2. The number of nitrogens with zero attached hydrogens (tertiary/aromatic N) is 5. The summed E-state index contributed by atoms with van der Waals surface area (Å²) in [6.07, 6.45) is 12.4. The minimum absolute atomic E-state index is 0. The van der Waals surface area contributed by atoms with Crippen LogP contribution in [-0.4, -0.2) is 105 Å². The number of amides is 7. The van der Waals surface area contributed by atoms with Crippen molar-refractivity contribution in [3.63, 3.8) is 0 Å². The van der Waals surface area contributed by atoms with Crippen LogP contribution >= 0.6 is 0 Å². The highest BCUT2D eigenvalue weighted by Crippen LogP contribution is 2.36. The fraction of sp³-hybridized carbons (Fsp3) is 0.404. The fourth-order valence-corrected chi connectivity index (χ4v) is 8.15. The highest BCUT2D eigenvalue weighted by atomic mass is 16.5. The molecule has 4 atom stereocenters. The summed E-state index contributed by atoms with van der Waals surface area (Å²) in [5.74, 6) is -3.71. The number of aliphatic carboxylic acids is 1. The summed E-state index contributed by atoms with van der Waals surface area (Å²) in [4.78, 5) is 111. The number of aromatic nitrogens is 4. The molecular formula is C47H58N12O11. The maximum Gasteiger partial charge on any atom is 0.394 e. The second-order valence-electron chi connectivity index (χ2n) is 17.0. The van der Waals surface area contributed by atoms with E-state index in [0.29, 0.717) is 44.1 Å². The van der Waals surface area contributed by atoms with E-state index < -0.39 is 35.5 Å². The molecule has 2 unspecified atom stereocenters. The van der Waals surface area contributed by atoms with Crippen molar-refractivity contribution in [1.82, 2.24) is 30.2 Å². The van der Waals surface area contributed by atoms with Crippen molar-refractivity contribution in [3.8, 4) is 11.8 Å². The molecule has 7 amide bonds. The number of hydrogen-bond donors (Lipinski definition) is 8. The van der Waals surface area contributed by atoms with E-state index in [1.54, 1.807) is 11.1 Å². The molecule has 4 aliphatic rings. The highest BCUT2D eigenvalue weighted by Gasteiger charge is 2.35. The molecule has 2 fully saturated rings. The fourth-order valence-electron chi connectivity index (χ4n) is 8.15. The number of primary amides is 2. The number of carboxylic acid groups (broad SMARTS) is 1. The first-order valence-corrected chi connectivity index (χ1v) is 22.1. The van der Waals surface area contributed by atoms with Crippen LogP contribution in [-0.2, 0) is 41.6 Å². The molecule has 8 heterocycles. The Balaban J connectivity index is 0.000000214. The van der Waals surface area contributed by atoms with Gasteiger partial charge < -0.3 is 57.5 Å². The zero-order chi connectivity index (χ0) is 49.9. The van der Waals surface area contributed by atoms with Crippen LogP contribution in [0.25, 0.3) is 0 Å². The molecule has 372 valence electrons. The van der Waals surface area contributed by atoms with Crippen molar-refractivity contribution in [1.29, 1.82) is 0 Å². The van der Waals surface area contributed by atoms with Crippen molar-refractivity contribution in [2.45, 2.75) is 84.7 Å². The number of methoxy groups -OCH3 is 2. The van der Waals surface area contributed by atoms with E-state index in [4.69, 9.17) is 26.0 Å². The minimum Gasteiger partial charge on any atom is -0.480 e. The second kappa shape index (κ2) is 23.8. The smallest absolute Gasteiger partial charge is 0.394 e. The molecule has 2 saturated heterocycles. The molecule has 0 aliphatic carbocycles. The Bertz CT molecular complexity index is 2650. The number of hydrogen-bond acceptors (Lipinski definition) is 15. The molecule has 0 spiro atoms. The summed E-state index contributed by atoms with van der Waals surface area (Å²) >= 11 is 0. The van der Waals surface area contributed by atoms with Gasteiger partial charge in [0.05, 0.1) is 44.0 Å². The van der Waals surface area contributed by atoms with E-state index >= 15 is 0 Å². The number of carbonyl (C=O) groups is 8. The van der Waals surface area contributed by atoms with Gasteiger partial charge in [0.2, 0.25) is 23.6 Å². The van der Waals surface area contributed by atoms with Gasteiger partial charge in [0.1, 0.15) is 22.8 Å². The number of carboxylic acids is 1. The zero-order valence-corrected chi connectivity index (χ0v) is 38.4. The van der Waals surface area contributed by atoms with Crippen molar-refractivity contribution < 1.29 is 52.9 Å². The Kier molecular flexibility index (Phi) is 18.0. The quantitative estimate of drug-likeness (QED) is 0.117. The Morgan fingerprint density at radius 1 is 0.671 bits per heavy atom. The summed E-state index contributed by atoms with van der Waals surface area (Å²) in [6.45, 7) is 5.81.